The minimum Gasteiger partial charge on any atom is -0.507 e. The van der Waals surface area contributed by atoms with Gasteiger partial charge in [-0.1, -0.05) is 146 Å². The van der Waals surface area contributed by atoms with Crippen LogP contribution in [-0.2, 0) is 10.8 Å². The van der Waals surface area contributed by atoms with E-state index in [-0.39, 0.29) is 0 Å². The molecule has 0 unspecified atom stereocenters. The Balaban J connectivity index is 0.000000158. The van der Waals surface area contributed by atoms with Crippen molar-refractivity contribution in [2.45, 2.75) is 66.2 Å². The van der Waals surface area contributed by atoms with Crippen molar-refractivity contribution in [2.24, 2.45) is 0 Å². The highest BCUT2D eigenvalue weighted by atomic mass is 16.3. The van der Waals surface area contributed by atoms with Crippen molar-refractivity contribution < 1.29 is 20.4 Å². The second kappa shape index (κ2) is 14.8. The lowest BCUT2D eigenvalue weighted by Gasteiger charge is -2.35. The molecule has 62 heavy (non-hydrogen) atoms. The molecule has 8 aromatic rings. The number of fused-ring (bicyclic) bond motifs is 6. The van der Waals surface area contributed by atoms with Crippen LogP contribution in [0.2, 0.25) is 0 Å². The Labute approximate surface area is 365 Å². The Morgan fingerprint density at radius 3 is 0.597 bits per heavy atom. The maximum absolute atomic E-state index is 10.5. The predicted molar refractivity (Wildman–Crippen MR) is 252 cm³/mol. The van der Waals surface area contributed by atoms with E-state index < -0.39 is 10.8 Å². The molecule has 0 aromatic heterocycles. The SMILES string of the molecule is Cc1cc(C2(c3cc(C)c(O)c(C)c3)c3ccccc3-c3ccccc32)cc(C)c1O.Cc1cc(C2(c3cc(C)c(O)c(C)c3)c3ccccc3-c3ccccc32)cc(C)c1O. The first kappa shape index (κ1) is 40.4. The summed E-state index contributed by atoms with van der Waals surface area (Å²) in [6, 6.07) is 51.2. The minimum absolute atomic E-state index is 0.344. The van der Waals surface area contributed by atoms with Crippen LogP contribution in [0.1, 0.15) is 89.0 Å². The topological polar surface area (TPSA) is 80.9 Å². The monoisotopic (exact) mass is 812 g/mol. The number of hydrogen-bond donors (Lipinski definition) is 4. The van der Waals surface area contributed by atoms with Crippen LogP contribution in [-0.4, -0.2) is 20.4 Å². The zero-order valence-corrected chi connectivity index (χ0v) is 36.6. The maximum Gasteiger partial charge on any atom is 0.121 e. The average molecular weight is 813 g/mol. The molecule has 4 nitrogen and oxygen atoms in total. The smallest absolute Gasteiger partial charge is 0.121 e. The highest BCUT2D eigenvalue weighted by molar-refractivity contribution is 5.88. The van der Waals surface area contributed by atoms with Crippen molar-refractivity contribution >= 4 is 0 Å². The Morgan fingerprint density at radius 1 is 0.258 bits per heavy atom. The summed E-state index contributed by atoms with van der Waals surface area (Å²) in [4.78, 5) is 0. The van der Waals surface area contributed by atoms with Gasteiger partial charge in [-0.15, -0.1) is 0 Å². The lowest BCUT2D eigenvalue weighted by molar-refractivity contribution is 0.465. The Hall–Kier alpha value is -7.04. The number of phenols is 4. The van der Waals surface area contributed by atoms with E-state index in [0.717, 1.165) is 66.8 Å². The molecule has 2 aliphatic carbocycles. The summed E-state index contributed by atoms with van der Waals surface area (Å²) in [5.41, 5.74) is 20.2. The fourth-order valence-electron chi connectivity index (χ4n) is 10.7. The summed E-state index contributed by atoms with van der Waals surface area (Å²) in [5.74, 6) is 1.38. The maximum atomic E-state index is 10.5. The number of aromatic hydroxyl groups is 4. The predicted octanol–water partition coefficient (Wildman–Crippen LogP) is 13.4. The van der Waals surface area contributed by atoms with E-state index >= 15 is 0 Å². The highest BCUT2D eigenvalue weighted by Crippen LogP contribution is 2.59. The van der Waals surface area contributed by atoms with Crippen molar-refractivity contribution in [3.8, 4) is 45.3 Å². The lowest BCUT2D eigenvalue weighted by Crippen LogP contribution is -2.29. The normalized spacial score (nSPS) is 13.7. The summed E-state index contributed by atoms with van der Waals surface area (Å²) in [7, 11) is 0. The first-order chi connectivity index (χ1) is 29.7. The van der Waals surface area contributed by atoms with Crippen LogP contribution in [0.25, 0.3) is 22.3 Å². The molecule has 2 aliphatic rings. The Kier molecular flexibility index (Phi) is 9.67. The molecule has 0 saturated carbocycles. The van der Waals surface area contributed by atoms with Crippen molar-refractivity contribution in [3.63, 3.8) is 0 Å². The zero-order chi connectivity index (χ0) is 43.8. The van der Waals surface area contributed by atoms with Gasteiger partial charge in [-0.05, 0) is 167 Å². The van der Waals surface area contributed by atoms with Crippen molar-refractivity contribution in [1.29, 1.82) is 0 Å². The van der Waals surface area contributed by atoms with E-state index in [0.29, 0.717) is 23.0 Å². The quantitative estimate of drug-likeness (QED) is 0.143. The largest absolute Gasteiger partial charge is 0.507 e. The van der Waals surface area contributed by atoms with E-state index in [1.54, 1.807) is 0 Å². The molecule has 0 atom stereocenters. The Morgan fingerprint density at radius 2 is 0.419 bits per heavy atom. The van der Waals surface area contributed by atoms with Gasteiger partial charge in [0.15, 0.2) is 0 Å². The second-order valence-corrected chi connectivity index (χ2v) is 17.5. The molecule has 10 rings (SSSR count). The summed E-state index contributed by atoms with van der Waals surface area (Å²) in [6.07, 6.45) is 0. The van der Waals surface area contributed by atoms with Gasteiger partial charge in [0.1, 0.15) is 23.0 Å². The van der Waals surface area contributed by atoms with Crippen LogP contribution in [0.3, 0.4) is 0 Å². The number of benzene rings is 8. The molecular formula is C58H52O4. The molecule has 8 aromatic carbocycles. The van der Waals surface area contributed by atoms with Crippen LogP contribution in [0.5, 0.6) is 23.0 Å². The molecule has 308 valence electrons. The van der Waals surface area contributed by atoms with E-state index in [2.05, 4.69) is 146 Å². The van der Waals surface area contributed by atoms with Crippen molar-refractivity contribution in [1.82, 2.24) is 0 Å². The summed E-state index contributed by atoms with van der Waals surface area (Å²) < 4.78 is 0. The fourth-order valence-corrected chi connectivity index (χ4v) is 10.7. The van der Waals surface area contributed by atoms with Crippen molar-refractivity contribution in [2.75, 3.05) is 0 Å². The van der Waals surface area contributed by atoms with E-state index in [1.807, 2.05) is 55.4 Å². The second-order valence-electron chi connectivity index (χ2n) is 17.5. The number of hydrogen-bond acceptors (Lipinski definition) is 4. The van der Waals surface area contributed by atoms with Gasteiger partial charge < -0.3 is 20.4 Å². The average Bonchev–Trinajstić information content (AvgIpc) is 3.74. The third-order valence-electron chi connectivity index (χ3n) is 13.6. The van der Waals surface area contributed by atoms with Gasteiger partial charge in [0.05, 0.1) is 10.8 Å². The van der Waals surface area contributed by atoms with Crippen LogP contribution in [0.15, 0.2) is 146 Å². The number of aryl methyl sites for hydroxylation is 8. The van der Waals surface area contributed by atoms with E-state index in [1.165, 1.54) is 44.5 Å². The van der Waals surface area contributed by atoms with Gasteiger partial charge in [0.2, 0.25) is 0 Å². The molecular weight excluding hydrogens is 761 g/mol. The van der Waals surface area contributed by atoms with Gasteiger partial charge in [-0.3, -0.25) is 0 Å². The third kappa shape index (κ3) is 5.80. The first-order valence-electron chi connectivity index (χ1n) is 21.3. The zero-order valence-electron chi connectivity index (χ0n) is 36.6. The van der Waals surface area contributed by atoms with Crippen LogP contribution in [0, 0.1) is 55.4 Å². The molecule has 0 bridgehead atoms. The summed E-state index contributed by atoms with van der Waals surface area (Å²) >= 11 is 0. The minimum atomic E-state index is -0.528. The highest BCUT2D eigenvalue weighted by Gasteiger charge is 2.48. The molecule has 4 N–H and O–H groups in total. The molecule has 0 heterocycles. The lowest BCUT2D eigenvalue weighted by atomic mass is 9.66. The Bertz CT molecular complexity index is 2600. The van der Waals surface area contributed by atoms with E-state index in [9.17, 15) is 20.4 Å². The molecule has 0 spiro atoms. The van der Waals surface area contributed by atoms with Crippen LogP contribution < -0.4 is 0 Å². The van der Waals surface area contributed by atoms with Crippen LogP contribution in [0.4, 0.5) is 0 Å². The summed E-state index contributed by atoms with van der Waals surface area (Å²) in [5, 5.41) is 42.0. The van der Waals surface area contributed by atoms with Gasteiger partial charge >= 0.3 is 0 Å². The molecule has 0 radical (unpaired) electrons. The number of phenolic OH excluding ortho intramolecular Hbond substituents is 4. The standard InChI is InChI=1S/2C29H26O2/c2*1-17-13-21(14-18(2)27(17)30)29(22-15-19(3)28(31)20(4)16-22)25-11-7-5-9-23(25)24-10-6-8-12-26(24)29/h2*5-16,30-31H,1-4H3. The summed E-state index contributed by atoms with van der Waals surface area (Å²) in [6.45, 7) is 15.7. The third-order valence-corrected chi connectivity index (χ3v) is 13.6. The first-order valence-corrected chi connectivity index (χ1v) is 21.3. The fraction of sp³-hybridized carbons (Fsp3) is 0.172. The van der Waals surface area contributed by atoms with Gasteiger partial charge in [-0.2, -0.15) is 0 Å². The van der Waals surface area contributed by atoms with E-state index in [4.69, 9.17) is 0 Å². The van der Waals surface area contributed by atoms with Gasteiger partial charge in [0.25, 0.3) is 0 Å². The molecule has 0 fully saturated rings. The number of rotatable bonds is 4. The molecule has 0 amide bonds. The molecule has 0 aliphatic heterocycles. The van der Waals surface area contributed by atoms with Gasteiger partial charge in [0, 0.05) is 0 Å². The van der Waals surface area contributed by atoms with Gasteiger partial charge in [-0.25, -0.2) is 0 Å². The van der Waals surface area contributed by atoms with Crippen LogP contribution >= 0.6 is 0 Å². The molecule has 0 saturated heterocycles. The molecule has 4 heteroatoms. The van der Waals surface area contributed by atoms with Crippen molar-refractivity contribution in [3.05, 3.63) is 235 Å².